The van der Waals surface area contributed by atoms with Crippen molar-refractivity contribution in [2.75, 3.05) is 40.0 Å². The molecule has 1 aliphatic heterocycles. The molecule has 2 unspecified atom stereocenters. The molecule has 1 aromatic rings. The van der Waals surface area contributed by atoms with Crippen LogP contribution in [0.25, 0.3) is 0 Å². The third-order valence-corrected chi connectivity index (χ3v) is 4.25. The van der Waals surface area contributed by atoms with Crippen molar-refractivity contribution in [3.8, 4) is 0 Å². The molecule has 1 fully saturated rings. The van der Waals surface area contributed by atoms with E-state index in [2.05, 4.69) is 12.1 Å². The average molecular weight is 321 g/mol. The predicted octanol–water partition coefficient (Wildman–Crippen LogP) is 2.58. The van der Waals surface area contributed by atoms with Crippen molar-refractivity contribution in [3.05, 3.63) is 35.9 Å². The van der Waals surface area contributed by atoms with E-state index < -0.39 is 5.97 Å². The molecular weight excluding hydrogens is 294 g/mol. The highest BCUT2D eigenvalue weighted by Gasteiger charge is 2.29. The van der Waals surface area contributed by atoms with Crippen LogP contribution in [0.5, 0.6) is 0 Å². The summed E-state index contributed by atoms with van der Waals surface area (Å²) in [6.45, 7) is 3.09. The van der Waals surface area contributed by atoms with Gasteiger partial charge in [-0.3, -0.25) is 9.69 Å². The minimum absolute atomic E-state index is 0.0182. The Morgan fingerprint density at radius 1 is 1.35 bits per heavy atom. The second kappa shape index (κ2) is 9.65. The van der Waals surface area contributed by atoms with Gasteiger partial charge in [0.2, 0.25) is 0 Å². The third kappa shape index (κ3) is 5.94. The minimum Gasteiger partial charge on any atom is -0.480 e. The lowest BCUT2D eigenvalue weighted by molar-refractivity contribution is -0.139. The van der Waals surface area contributed by atoms with E-state index in [0.717, 1.165) is 32.4 Å². The molecule has 1 N–H and O–H groups in total. The number of rotatable bonds is 9. The highest BCUT2D eigenvalue weighted by atomic mass is 16.5. The van der Waals surface area contributed by atoms with E-state index >= 15 is 0 Å². The van der Waals surface area contributed by atoms with Crippen molar-refractivity contribution in [2.45, 2.75) is 25.4 Å². The lowest BCUT2D eigenvalue weighted by Gasteiger charge is -2.36. The molecule has 0 saturated carbocycles. The SMILES string of the molecule is COCCCOC(c1ccccc1)C1CCCN(CC(=O)O)C1. The minimum atomic E-state index is -0.761. The van der Waals surface area contributed by atoms with Gasteiger partial charge in [-0.15, -0.1) is 0 Å². The van der Waals surface area contributed by atoms with Crippen LogP contribution >= 0.6 is 0 Å². The first-order valence-electron chi connectivity index (χ1n) is 8.30. The molecular formula is C18H27NO4. The van der Waals surface area contributed by atoms with Gasteiger partial charge in [-0.25, -0.2) is 0 Å². The maximum Gasteiger partial charge on any atom is 0.317 e. The Balaban J connectivity index is 2.01. The standard InChI is InChI=1S/C18H27NO4/c1-22-11-6-12-23-18(15-7-3-2-4-8-15)16-9-5-10-19(13-16)14-17(20)21/h2-4,7-8,16,18H,5-6,9-14H2,1H3,(H,20,21). The molecule has 0 bridgehead atoms. The van der Waals surface area contributed by atoms with Gasteiger partial charge in [0.25, 0.3) is 0 Å². The number of piperidine rings is 1. The van der Waals surface area contributed by atoms with E-state index in [0.29, 0.717) is 19.1 Å². The van der Waals surface area contributed by atoms with Crippen LogP contribution in [0, 0.1) is 5.92 Å². The zero-order valence-electron chi connectivity index (χ0n) is 13.8. The molecule has 128 valence electrons. The van der Waals surface area contributed by atoms with Gasteiger partial charge in [-0.05, 0) is 31.4 Å². The van der Waals surface area contributed by atoms with Gasteiger partial charge in [0, 0.05) is 32.8 Å². The van der Waals surface area contributed by atoms with Gasteiger partial charge in [0.1, 0.15) is 0 Å². The molecule has 0 aliphatic carbocycles. The van der Waals surface area contributed by atoms with Crippen LogP contribution in [-0.2, 0) is 14.3 Å². The fourth-order valence-corrected chi connectivity index (χ4v) is 3.23. The van der Waals surface area contributed by atoms with Crippen LogP contribution in [-0.4, -0.2) is 55.9 Å². The summed E-state index contributed by atoms with van der Waals surface area (Å²) in [5.41, 5.74) is 1.17. The molecule has 5 heteroatoms. The first-order valence-corrected chi connectivity index (χ1v) is 8.30. The average Bonchev–Trinajstić information content (AvgIpc) is 2.55. The third-order valence-electron chi connectivity index (χ3n) is 4.25. The fourth-order valence-electron chi connectivity index (χ4n) is 3.23. The molecule has 1 saturated heterocycles. The zero-order valence-corrected chi connectivity index (χ0v) is 13.8. The van der Waals surface area contributed by atoms with Gasteiger partial charge in [0.15, 0.2) is 0 Å². The molecule has 5 nitrogen and oxygen atoms in total. The van der Waals surface area contributed by atoms with Crippen LogP contribution in [0.15, 0.2) is 30.3 Å². The second-order valence-corrected chi connectivity index (χ2v) is 6.08. The second-order valence-electron chi connectivity index (χ2n) is 6.08. The van der Waals surface area contributed by atoms with Gasteiger partial charge in [0.05, 0.1) is 12.6 Å². The summed E-state index contributed by atoms with van der Waals surface area (Å²) in [7, 11) is 1.69. The summed E-state index contributed by atoms with van der Waals surface area (Å²) in [6.07, 6.45) is 2.97. The molecule has 0 spiro atoms. The van der Waals surface area contributed by atoms with Crippen molar-refractivity contribution in [3.63, 3.8) is 0 Å². The van der Waals surface area contributed by atoms with Gasteiger partial charge in [-0.1, -0.05) is 30.3 Å². The van der Waals surface area contributed by atoms with Crippen LogP contribution < -0.4 is 0 Å². The Morgan fingerprint density at radius 3 is 2.83 bits per heavy atom. The number of aliphatic carboxylic acids is 1. The van der Waals surface area contributed by atoms with E-state index in [1.807, 2.05) is 23.1 Å². The summed E-state index contributed by atoms with van der Waals surface area (Å²) in [6, 6.07) is 10.2. The Labute approximate surface area is 138 Å². The van der Waals surface area contributed by atoms with Crippen molar-refractivity contribution < 1.29 is 19.4 Å². The zero-order chi connectivity index (χ0) is 16.5. The number of hydrogen-bond donors (Lipinski definition) is 1. The smallest absolute Gasteiger partial charge is 0.317 e. The van der Waals surface area contributed by atoms with E-state index in [4.69, 9.17) is 14.6 Å². The number of methoxy groups -OCH3 is 1. The van der Waals surface area contributed by atoms with Gasteiger partial charge >= 0.3 is 5.97 Å². The Bertz CT molecular complexity index is 465. The highest BCUT2D eigenvalue weighted by Crippen LogP contribution is 2.32. The van der Waals surface area contributed by atoms with Crippen LogP contribution in [0.4, 0.5) is 0 Å². The molecule has 0 radical (unpaired) electrons. The number of carboxylic acid groups (broad SMARTS) is 1. The molecule has 1 aromatic carbocycles. The van der Waals surface area contributed by atoms with E-state index in [1.54, 1.807) is 7.11 Å². The first-order chi connectivity index (χ1) is 11.2. The molecule has 2 atom stereocenters. The van der Waals surface area contributed by atoms with Crippen LogP contribution in [0.2, 0.25) is 0 Å². The van der Waals surface area contributed by atoms with Crippen LogP contribution in [0.3, 0.4) is 0 Å². The summed E-state index contributed by atoms with van der Waals surface area (Å²) in [5.74, 6) is -0.434. The number of carboxylic acids is 1. The number of hydrogen-bond acceptors (Lipinski definition) is 4. The topological polar surface area (TPSA) is 59.0 Å². The maximum atomic E-state index is 11.0. The molecule has 23 heavy (non-hydrogen) atoms. The summed E-state index contributed by atoms with van der Waals surface area (Å²) in [4.78, 5) is 13.0. The number of ether oxygens (including phenoxy) is 2. The number of carbonyl (C=O) groups is 1. The largest absolute Gasteiger partial charge is 0.480 e. The number of benzene rings is 1. The monoisotopic (exact) mass is 321 g/mol. The summed E-state index contributed by atoms with van der Waals surface area (Å²) < 4.78 is 11.3. The first kappa shape index (κ1) is 17.9. The lowest BCUT2D eigenvalue weighted by Crippen LogP contribution is -2.41. The molecule has 1 aliphatic rings. The Kier molecular flexibility index (Phi) is 7.52. The fraction of sp³-hybridized carbons (Fsp3) is 0.611. The number of nitrogens with zero attached hydrogens (tertiary/aromatic N) is 1. The van der Waals surface area contributed by atoms with Gasteiger partial charge in [-0.2, -0.15) is 0 Å². The molecule has 0 aromatic heterocycles. The van der Waals surface area contributed by atoms with Crippen molar-refractivity contribution in [1.29, 1.82) is 0 Å². The van der Waals surface area contributed by atoms with E-state index in [9.17, 15) is 4.79 Å². The molecule has 2 rings (SSSR count). The van der Waals surface area contributed by atoms with Crippen molar-refractivity contribution >= 4 is 5.97 Å². The lowest BCUT2D eigenvalue weighted by atomic mass is 9.88. The predicted molar refractivity (Wildman–Crippen MR) is 88.4 cm³/mol. The van der Waals surface area contributed by atoms with Gasteiger partial charge < -0.3 is 14.6 Å². The van der Waals surface area contributed by atoms with E-state index in [-0.39, 0.29) is 12.6 Å². The molecule has 0 amide bonds. The molecule has 1 heterocycles. The Hall–Kier alpha value is -1.43. The van der Waals surface area contributed by atoms with Crippen molar-refractivity contribution in [2.24, 2.45) is 5.92 Å². The summed E-state index contributed by atoms with van der Waals surface area (Å²) >= 11 is 0. The van der Waals surface area contributed by atoms with Crippen molar-refractivity contribution in [1.82, 2.24) is 4.90 Å². The maximum absolute atomic E-state index is 11.0. The quantitative estimate of drug-likeness (QED) is 0.708. The Morgan fingerprint density at radius 2 is 2.13 bits per heavy atom. The van der Waals surface area contributed by atoms with Crippen LogP contribution in [0.1, 0.15) is 30.9 Å². The normalized spacial score (nSPS) is 20.3. The summed E-state index contributed by atoms with van der Waals surface area (Å²) in [5, 5.41) is 9.02. The van der Waals surface area contributed by atoms with E-state index in [1.165, 1.54) is 5.56 Å². The highest BCUT2D eigenvalue weighted by molar-refractivity contribution is 5.69. The number of likely N-dealkylation sites (tertiary alicyclic amines) is 1.